The molecule has 6 nitrogen and oxygen atoms in total. The van der Waals surface area contributed by atoms with E-state index in [0.29, 0.717) is 30.3 Å². The van der Waals surface area contributed by atoms with Crippen molar-refractivity contribution in [2.45, 2.75) is 63.0 Å². The smallest absolute Gasteiger partial charge is 0.252 e. The maximum absolute atomic E-state index is 13.3. The topological polar surface area (TPSA) is 75.9 Å². The molecule has 0 amide bonds. The van der Waals surface area contributed by atoms with Crippen molar-refractivity contribution in [1.29, 1.82) is 0 Å². The maximum Gasteiger partial charge on any atom is 0.252 e. The van der Waals surface area contributed by atoms with Crippen LogP contribution < -0.4 is 5.32 Å². The molecule has 0 unspecified atom stereocenters. The van der Waals surface area contributed by atoms with Crippen LogP contribution in [0.15, 0.2) is 18.3 Å². The van der Waals surface area contributed by atoms with Gasteiger partial charge in [0.1, 0.15) is 11.4 Å². The van der Waals surface area contributed by atoms with Gasteiger partial charge in [-0.05, 0) is 38.7 Å². The van der Waals surface area contributed by atoms with Crippen LogP contribution >= 0.6 is 0 Å². The van der Waals surface area contributed by atoms with Crippen molar-refractivity contribution in [2.24, 2.45) is 0 Å². The minimum Gasteiger partial charge on any atom is -0.383 e. The van der Waals surface area contributed by atoms with Gasteiger partial charge in [0.2, 0.25) is 5.92 Å². The van der Waals surface area contributed by atoms with Crippen LogP contribution in [0.1, 0.15) is 49.9 Å². The van der Waals surface area contributed by atoms with E-state index in [1.165, 1.54) is 0 Å². The SMILES string of the molecule is Cc1cc(NC2CCC(F)(F)CC2)nc(-n2ccc(C3(O)CC3)n2)n1. The molecule has 2 N–H and O–H groups in total. The molecule has 0 aromatic carbocycles. The van der Waals surface area contributed by atoms with Gasteiger partial charge in [0.25, 0.3) is 5.95 Å². The van der Waals surface area contributed by atoms with Crippen molar-refractivity contribution >= 4 is 5.82 Å². The van der Waals surface area contributed by atoms with Crippen LogP contribution in [0.2, 0.25) is 0 Å². The van der Waals surface area contributed by atoms with E-state index in [2.05, 4.69) is 20.4 Å². The Kier molecular flexibility index (Phi) is 3.75. The first-order chi connectivity index (χ1) is 11.8. The Labute approximate surface area is 144 Å². The highest BCUT2D eigenvalue weighted by Gasteiger charge is 2.44. The zero-order chi connectivity index (χ0) is 17.7. The van der Waals surface area contributed by atoms with Gasteiger partial charge in [-0.1, -0.05) is 0 Å². The number of hydrogen-bond acceptors (Lipinski definition) is 5. The van der Waals surface area contributed by atoms with Crippen molar-refractivity contribution in [3.05, 3.63) is 29.7 Å². The van der Waals surface area contributed by atoms with Crippen LogP contribution in [-0.2, 0) is 5.60 Å². The summed E-state index contributed by atoms with van der Waals surface area (Å²) in [6, 6.07) is 3.56. The molecule has 4 rings (SSSR count). The molecule has 25 heavy (non-hydrogen) atoms. The van der Waals surface area contributed by atoms with Gasteiger partial charge in [-0.3, -0.25) is 0 Å². The van der Waals surface area contributed by atoms with Crippen molar-refractivity contribution in [2.75, 3.05) is 5.32 Å². The van der Waals surface area contributed by atoms with Gasteiger partial charge in [0.15, 0.2) is 0 Å². The average molecular weight is 349 g/mol. The van der Waals surface area contributed by atoms with Gasteiger partial charge in [0.05, 0.1) is 5.69 Å². The zero-order valence-electron chi connectivity index (χ0n) is 14.0. The maximum atomic E-state index is 13.3. The molecule has 2 fully saturated rings. The second-order valence-corrected chi connectivity index (χ2v) is 7.15. The zero-order valence-corrected chi connectivity index (χ0v) is 14.0. The number of rotatable bonds is 4. The summed E-state index contributed by atoms with van der Waals surface area (Å²) >= 11 is 0. The summed E-state index contributed by atoms with van der Waals surface area (Å²) in [5.74, 6) is -1.53. The molecule has 2 aliphatic rings. The van der Waals surface area contributed by atoms with Crippen LogP contribution in [0.3, 0.4) is 0 Å². The summed E-state index contributed by atoms with van der Waals surface area (Å²) in [5, 5.41) is 17.8. The van der Waals surface area contributed by atoms with E-state index >= 15 is 0 Å². The Balaban J connectivity index is 1.52. The highest BCUT2D eigenvalue weighted by atomic mass is 19.3. The summed E-state index contributed by atoms with van der Waals surface area (Å²) in [6.45, 7) is 1.85. The van der Waals surface area contributed by atoms with Gasteiger partial charge in [-0.2, -0.15) is 10.1 Å². The van der Waals surface area contributed by atoms with Crippen molar-refractivity contribution in [1.82, 2.24) is 19.7 Å². The molecule has 0 aliphatic heterocycles. The number of nitrogens with one attached hydrogen (secondary N) is 1. The van der Waals surface area contributed by atoms with Crippen LogP contribution in [0, 0.1) is 6.92 Å². The molecule has 2 heterocycles. The number of anilines is 1. The van der Waals surface area contributed by atoms with Crippen LogP contribution in [0.4, 0.5) is 14.6 Å². The highest BCUT2D eigenvalue weighted by molar-refractivity contribution is 5.39. The summed E-state index contributed by atoms with van der Waals surface area (Å²) in [6.07, 6.45) is 3.82. The standard InChI is InChI=1S/C17H21F2N5O/c1-11-10-14(21-12-2-5-17(18,19)6-3-12)22-15(20-11)24-9-4-13(23-24)16(25)7-8-16/h4,9-10,12,25H,2-3,5-8H2,1H3,(H,20,21,22). The normalized spacial score (nSPS) is 21.9. The number of hydrogen-bond donors (Lipinski definition) is 2. The third-order valence-corrected chi connectivity index (χ3v) is 4.91. The Morgan fingerprint density at radius 1 is 1.20 bits per heavy atom. The van der Waals surface area contributed by atoms with Gasteiger partial charge in [-0.15, -0.1) is 0 Å². The third-order valence-electron chi connectivity index (χ3n) is 4.91. The molecule has 8 heteroatoms. The molecule has 0 radical (unpaired) electrons. The molecule has 2 saturated carbocycles. The Hall–Kier alpha value is -2.09. The first kappa shape index (κ1) is 16.4. The molecule has 0 spiro atoms. The van der Waals surface area contributed by atoms with E-state index in [-0.39, 0.29) is 18.9 Å². The number of nitrogens with zero attached hydrogens (tertiary/aromatic N) is 4. The van der Waals surface area contributed by atoms with Crippen LogP contribution in [0.25, 0.3) is 5.95 Å². The van der Waals surface area contributed by atoms with E-state index in [1.54, 1.807) is 23.0 Å². The first-order valence-electron chi connectivity index (χ1n) is 8.62. The molecule has 2 aliphatic carbocycles. The number of halogens is 2. The Morgan fingerprint density at radius 2 is 1.92 bits per heavy atom. The molecule has 134 valence electrons. The largest absolute Gasteiger partial charge is 0.383 e. The number of alkyl halides is 2. The lowest BCUT2D eigenvalue weighted by molar-refractivity contribution is -0.0361. The lowest BCUT2D eigenvalue weighted by Gasteiger charge is -2.29. The third kappa shape index (κ3) is 3.49. The summed E-state index contributed by atoms with van der Waals surface area (Å²) in [4.78, 5) is 8.84. The molecule has 0 saturated heterocycles. The van der Waals surface area contributed by atoms with Crippen molar-refractivity contribution in [3.63, 3.8) is 0 Å². The van der Waals surface area contributed by atoms with Gasteiger partial charge >= 0.3 is 0 Å². The lowest BCUT2D eigenvalue weighted by atomic mass is 9.92. The molecule has 2 aromatic rings. The summed E-state index contributed by atoms with van der Waals surface area (Å²) in [7, 11) is 0. The van der Waals surface area contributed by atoms with Crippen LogP contribution in [0.5, 0.6) is 0 Å². The molecular formula is C17H21F2N5O. The Bertz CT molecular complexity index is 777. The van der Waals surface area contributed by atoms with Gasteiger partial charge < -0.3 is 10.4 Å². The predicted molar refractivity (Wildman–Crippen MR) is 87.8 cm³/mol. The fourth-order valence-electron chi connectivity index (χ4n) is 3.18. The average Bonchev–Trinajstić information content (AvgIpc) is 3.11. The fourth-order valence-corrected chi connectivity index (χ4v) is 3.18. The Morgan fingerprint density at radius 3 is 2.60 bits per heavy atom. The second kappa shape index (κ2) is 5.72. The van der Waals surface area contributed by atoms with E-state index < -0.39 is 11.5 Å². The fraction of sp³-hybridized carbons (Fsp3) is 0.588. The summed E-state index contributed by atoms with van der Waals surface area (Å²) < 4.78 is 28.1. The molecular weight excluding hydrogens is 328 g/mol. The number of aliphatic hydroxyl groups is 1. The van der Waals surface area contributed by atoms with E-state index in [4.69, 9.17) is 0 Å². The molecule has 2 aromatic heterocycles. The van der Waals surface area contributed by atoms with E-state index in [9.17, 15) is 13.9 Å². The number of aryl methyl sites for hydroxylation is 1. The number of aromatic nitrogens is 4. The van der Waals surface area contributed by atoms with Crippen LogP contribution in [-0.4, -0.2) is 36.8 Å². The monoisotopic (exact) mass is 349 g/mol. The molecule has 0 atom stereocenters. The van der Waals surface area contributed by atoms with Gasteiger partial charge in [-0.25, -0.2) is 18.4 Å². The minimum atomic E-state index is -2.54. The van der Waals surface area contributed by atoms with E-state index in [1.807, 2.05) is 6.92 Å². The van der Waals surface area contributed by atoms with Gasteiger partial charge in [0, 0.05) is 36.8 Å². The highest BCUT2D eigenvalue weighted by Crippen LogP contribution is 2.44. The summed E-state index contributed by atoms with van der Waals surface area (Å²) in [5.41, 5.74) is 0.584. The first-order valence-corrected chi connectivity index (χ1v) is 8.62. The van der Waals surface area contributed by atoms with Crippen molar-refractivity contribution in [3.8, 4) is 5.95 Å². The van der Waals surface area contributed by atoms with Crippen molar-refractivity contribution < 1.29 is 13.9 Å². The predicted octanol–water partition coefficient (Wildman–Crippen LogP) is 2.94. The lowest BCUT2D eigenvalue weighted by Crippen LogP contribution is -2.32. The quantitative estimate of drug-likeness (QED) is 0.888. The van der Waals surface area contributed by atoms with E-state index in [0.717, 1.165) is 18.5 Å². The minimum absolute atomic E-state index is 0.0119. The second-order valence-electron chi connectivity index (χ2n) is 7.15. The molecule has 0 bridgehead atoms.